The number of nitrogens with zero attached hydrogens (tertiary/aromatic N) is 1. The highest BCUT2D eigenvalue weighted by atomic mass is 35.5. The van der Waals surface area contributed by atoms with Crippen LogP contribution in [0.15, 0.2) is 0 Å². The molecule has 1 amide bonds. The first kappa shape index (κ1) is 15.7. The SMILES string of the molecule is Cl.NCCC(=O)N(CC1CCCO1)C1CCCC1. The standard InChI is InChI=1S/C13H24N2O2.ClH/c14-8-7-13(16)15(11-4-1-2-5-11)10-12-6-3-9-17-12;/h11-12H,1-10,14H2;1H. The number of ether oxygens (including phenoxy) is 1. The van der Waals surface area contributed by atoms with Crippen LogP contribution in [-0.4, -0.2) is 42.6 Å². The summed E-state index contributed by atoms with van der Waals surface area (Å²) in [4.78, 5) is 14.2. The van der Waals surface area contributed by atoms with Gasteiger partial charge in [0.2, 0.25) is 5.91 Å². The molecule has 1 aliphatic heterocycles. The highest BCUT2D eigenvalue weighted by Crippen LogP contribution is 2.25. The maximum Gasteiger partial charge on any atom is 0.224 e. The fourth-order valence-electron chi connectivity index (χ4n) is 2.95. The van der Waals surface area contributed by atoms with Crippen LogP contribution in [0.25, 0.3) is 0 Å². The van der Waals surface area contributed by atoms with Crippen molar-refractivity contribution in [2.24, 2.45) is 5.73 Å². The highest BCUT2D eigenvalue weighted by Gasteiger charge is 2.29. The van der Waals surface area contributed by atoms with Crippen LogP contribution in [-0.2, 0) is 9.53 Å². The highest BCUT2D eigenvalue weighted by molar-refractivity contribution is 5.85. The van der Waals surface area contributed by atoms with Gasteiger partial charge in [-0.25, -0.2) is 0 Å². The second kappa shape index (κ2) is 7.97. The van der Waals surface area contributed by atoms with Gasteiger partial charge in [0.25, 0.3) is 0 Å². The molecule has 1 heterocycles. The zero-order chi connectivity index (χ0) is 12.1. The Morgan fingerprint density at radius 1 is 1.22 bits per heavy atom. The molecule has 2 fully saturated rings. The molecule has 0 aromatic carbocycles. The summed E-state index contributed by atoms with van der Waals surface area (Å²) in [5.41, 5.74) is 5.50. The van der Waals surface area contributed by atoms with Crippen LogP contribution >= 0.6 is 12.4 Å². The number of hydrogen-bond acceptors (Lipinski definition) is 3. The molecule has 0 spiro atoms. The van der Waals surface area contributed by atoms with Crippen molar-refractivity contribution in [3.8, 4) is 0 Å². The second-order valence-electron chi connectivity index (χ2n) is 5.16. The molecule has 1 saturated heterocycles. The van der Waals surface area contributed by atoms with Gasteiger partial charge in [0.05, 0.1) is 6.10 Å². The summed E-state index contributed by atoms with van der Waals surface area (Å²) >= 11 is 0. The molecule has 4 nitrogen and oxygen atoms in total. The van der Waals surface area contributed by atoms with Crippen molar-refractivity contribution in [2.75, 3.05) is 19.7 Å². The third-order valence-electron chi connectivity index (χ3n) is 3.87. The number of amides is 1. The number of nitrogens with two attached hydrogens (primary N) is 1. The van der Waals surface area contributed by atoms with E-state index >= 15 is 0 Å². The third kappa shape index (κ3) is 4.11. The average Bonchev–Trinajstić information content (AvgIpc) is 2.99. The minimum absolute atomic E-state index is 0. The van der Waals surface area contributed by atoms with Crippen molar-refractivity contribution >= 4 is 18.3 Å². The summed E-state index contributed by atoms with van der Waals surface area (Å²) in [6.07, 6.45) is 7.78. The summed E-state index contributed by atoms with van der Waals surface area (Å²) in [5, 5.41) is 0. The lowest BCUT2D eigenvalue weighted by atomic mass is 10.1. The van der Waals surface area contributed by atoms with Gasteiger partial charge in [-0.1, -0.05) is 12.8 Å². The molecular formula is C13H25ClN2O2. The van der Waals surface area contributed by atoms with E-state index in [1.54, 1.807) is 0 Å². The first-order valence-electron chi connectivity index (χ1n) is 6.92. The van der Waals surface area contributed by atoms with E-state index in [2.05, 4.69) is 4.90 Å². The number of halogens is 1. The van der Waals surface area contributed by atoms with Crippen LogP contribution in [0.4, 0.5) is 0 Å². The van der Waals surface area contributed by atoms with Gasteiger partial charge in [-0.15, -0.1) is 12.4 Å². The van der Waals surface area contributed by atoms with Gasteiger partial charge in [0.15, 0.2) is 0 Å². The fourth-order valence-corrected chi connectivity index (χ4v) is 2.95. The number of rotatable bonds is 5. The minimum Gasteiger partial charge on any atom is -0.376 e. The summed E-state index contributed by atoms with van der Waals surface area (Å²) in [6.45, 7) is 2.09. The lowest BCUT2D eigenvalue weighted by molar-refractivity contribution is -0.135. The molecule has 0 bridgehead atoms. The van der Waals surface area contributed by atoms with Crippen LogP contribution in [0.5, 0.6) is 0 Å². The van der Waals surface area contributed by atoms with E-state index in [0.717, 1.165) is 38.8 Å². The molecule has 2 N–H and O–H groups in total. The Morgan fingerprint density at radius 2 is 1.94 bits per heavy atom. The number of carbonyl (C=O) groups excluding carboxylic acids is 1. The molecule has 106 valence electrons. The molecular weight excluding hydrogens is 252 g/mol. The molecule has 2 aliphatic rings. The fraction of sp³-hybridized carbons (Fsp3) is 0.923. The predicted molar refractivity (Wildman–Crippen MR) is 73.9 cm³/mol. The third-order valence-corrected chi connectivity index (χ3v) is 3.87. The maximum atomic E-state index is 12.1. The average molecular weight is 277 g/mol. The Bertz CT molecular complexity index is 251. The molecule has 1 saturated carbocycles. The van der Waals surface area contributed by atoms with Crippen LogP contribution in [0.3, 0.4) is 0 Å². The Labute approximate surface area is 116 Å². The van der Waals surface area contributed by atoms with Crippen LogP contribution in [0.1, 0.15) is 44.9 Å². The van der Waals surface area contributed by atoms with E-state index < -0.39 is 0 Å². The van der Waals surface area contributed by atoms with Gasteiger partial charge in [0.1, 0.15) is 0 Å². The van der Waals surface area contributed by atoms with Crippen molar-refractivity contribution in [1.29, 1.82) is 0 Å². The molecule has 0 aromatic heterocycles. The van der Waals surface area contributed by atoms with Gasteiger partial charge >= 0.3 is 0 Å². The Kier molecular flexibility index (Phi) is 6.97. The monoisotopic (exact) mass is 276 g/mol. The number of hydrogen-bond donors (Lipinski definition) is 1. The van der Waals surface area contributed by atoms with Crippen molar-refractivity contribution in [3.63, 3.8) is 0 Å². The molecule has 2 rings (SSSR count). The minimum atomic E-state index is 0. The Hall–Kier alpha value is -0.320. The second-order valence-corrected chi connectivity index (χ2v) is 5.16. The van der Waals surface area contributed by atoms with E-state index in [0.29, 0.717) is 19.0 Å². The van der Waals surface area contributed by atoms with Crippen molar-refractivity contribution < 1.29 is 9.53 Å². The van der Waals surface area contributed by atoms with Gasteiger partial charge in [-0.2, -0.15) is 0 Å². The molecule has 1 unspecified atom stereocenters. The van der Waals surface area contributed by atoms with Crippen LogP contribution in [0, 0.1) is 0 Å². The number of carbonyl (C=O) groups is 1. The normalized spacial score (nSPS) is 23.9. The molecule has 5 heteroatoms. The topological polar surface area (TPSA) is 55.6 Å². The largest absolute Gasteiger partial charge is 0.376 e. The smallest absolute Gasteiger partial charge is 0.224 e. The summed E-state index contributed by atoms with van der Waals surface area (Å²) in [7, 11) is 0. The summed E-state index contributed by atoms with van der Waals surface area (Å²) in [5.74, 6) is 0.218. The zero-order valence-electron chi connectivity index (χ0n) is 11.0. The Balaban J connectivity index is 0.00000162. The molecule has 1 aliphatic carbocycles. The van der Waals surface area contributed by atoms with Gasteiger partial charge in [-0.3, -0.25) is 4.79 Å². The lowest BCUT2D eigenvalue weighted by Gasteiger charge is -2.31. The summed E-state index contributed by atoms with van der Waals surface area (Å²) < 4.78 is 5.65. The summed E-state index contributed by atoms with van der Waals surface area (Å²) in [6, 6.07) is 0.443. The quantitative estimate of drug-likeness (QED) is 0.832. The Morgan fingerprint density at radius 3 is 2.50 bits per heavy atom. The van der Waals surface area contributed by atoms with E-state index in [-0.39, 0.29) is 24.4 Å². The van der Waals surface area contributed by atoms with Gasteiger partial charge in [0, 0.05) is 32.2 Å². The van der Waals surface area contributed by atoms with Crippen molar-refractivity contribution in [2.45, 2.75) is 57.1 Å². The van der Waals surface area contributed by atoms with E-state index in [9.17, 15) is 4.79 Å². The van der Waals surface area contributed by atoms with Crippen molar-refractivity contribution in [1.82, 2.24) is 4.90 Å². The molecule has 0 radical (unpaired) electrons. The van der Waals surface area contributed by atoms with E-state index in [1.165, 1.54) is 12.8 Å². The molecule has 1 atom stereocenters. The predicted octanol–water partition coefficient (Wildman–Crippen LogP) is 1.71. The molecule has 0 aromatic rings. The van der Waals surface area contributed by atoms with E-state index in [1.807, 2.05) is 0 Å². The van der Waals surface area contributed by atoms with Crippen LogP contribution in [0.2, 0.25) is 0 Å². The first-order valence-corrected chi connectivity index (χ1v) is 6.92. The zero-order valence-corrected chi connectivity index (χ0v) is 11.8. The van der Waals surface area contributed by atoms with Crippen molar-refractivity contribution in [3.05, 3.63) is 0 Å². The first-order chi connectivity index (χ1) is 8.31. The maximum absolute atomic E-state index is 12.1. The van der Waals surface area contributed by atoms with Gasteiger partial charge in [-0.05, 0) is 25.7 Å². The molecule has 18 heavy (non-hydrogen) atoms. The van der Waals surface area contributed by atoms with E-state index in [4.69, 9.17) is 10.5 Å². The van der Waals surface area contributed by atoms with Gasteiger partial charge < -0.3 is 15.4 Å². The van der Waals surface area contributed by atoms with Crippen LogP contribution < -0.4 is 5.73 Å². The lowest BCUT2D eigenvalue weighted by Crippen LogP contribution is -2.44.